The minimum Gasteiger partial charge on any atom is -0.496 e. The third-order valence-electron chi connectivity index (χ3n) is 2.46. The van der Waals surface area contributed by atoms with Crippen molar-refractivity contribution in [3.8, 4) is 5.75 Å². The van der Waals surface area contributed by atoms with E-state index in [4.69, 9.17) is 4.74 Å². The maximum atomic E-state index is 12.2. The van der Waals surface area contributed by atoms with Gasteiger partial charge in [-0.15, -0.1) is 0 Å². The molecule has 3 nitrogen and oxygen atoms in total. The normalized spacial score (nSPS) is 10.0. The van der Waals surface area contributed by atoms with Gasteiger partial charge < -0.3 is 9.64 Å². The SMILES string of the molecule is CCN(CC)C(=O)c1c(Br)cccc1OC. The molecule has 0 heterocycles. The van der Waals surface area contributed by atoms with Crippen LogP contribution in [0.4, 0.5) is 0 Å². The predicted octanol–water partition coefficient (Wildman–Crippen LogP) is 2.94. The van der Waals surface area contributed by atoms with Crippen molar-refractivity contribution in [1.82, 2.24) is 4.90 Å². The van der Waals surface area contributed by atoms with E-state index >= 15 is 0 Å². The lowest BCUT2D eigenvalue weighted by molar-refractivity contribution is 0.0768. The van der Waals surface area contributed by atoms with Gasteiger partial charge in [-0.05, 0) is 41.9 Å². The fraction of sp³-hybridized carbons (Fsp3) is 0.417. The van der Waals surface area contributed by atoms with E-state index in [1.807, 2.05) is 26.0 Å². The highest BCUT2D eigenvalue weighted by Crippen LogP contribution is 2.27. The molecule has 0 saturated carbocycles. The molecule has 0 aliphatic carbocycles. The number of ether oxygens (including phenoxy) is 1. The lowest BCUT2D eigenvalue weighted by Crippen LogP contribution is -2.31. The molecule has 0 bridgehead atoms. The van der Waals surface area contributed by atoms with Gasteiger partial charge >= 0.3 is 0 Å². The zero-order valence-electron chi connectivity index (χ0n) is 9.79. The van der Waals surface area contributed by atoms with Crippen molar-refractivity contribution in [2.24, 2.45) is 0 Å². The van der Waals surface area contributed by atoms with Crippen molar-refractivity contribution in [2.75, 3.05) is 20.2 Å². The van der Waals surface area contributed by atoms with Gasteiger partial charge in [0.05, 0.1) is 12.7 Å². The van der Waals surface area contributed by atoms with E-state index < -0.39 is 0 Å². The van der Waals surface area contributed by atoms with Crippen LogP contribution in [0.3, 0.4) is 0 Å². The van der Waals surface area contributed by atoms with E-state index in [-0.39, 0.29) is 5.91 Å². The third-order valence-corrected chi connectivity index (χ3v) is 3.12. The number of benzene rings is 1. The molecule has 0 atom stereocenters. The standard InChI is InChI=1S/C12H16BrNO2/c1-4-14(5-2)12(15)11-9(13)7-6-8-10(11)16-3/h6-8H,4-5H2,1-3H3. The molecule has 0 saturated heterocycles. The lowest BCUT2D eigenvalue weighted by Gasteiger charge is -2.20. The zero-order valence-corrected chi connectivity index (χ0v) is 11.4. The van der Waals surface area contributed by atoms with Crippen LogP contribution in [0, 0.1) is 0 Å². The van der Waals surface area contributed by atoms with Gasteiger partial charge in [0.25, 0.3) is 5.91 Å². The summed E-state index contributed by atoms with van der Waals surface area (Å²) in [4.78, 5) is 14.0. The summed E-state index contributed by atoms with van der Waals surface area (Å²) in [6.45, 7) is 5.31. The van der Waals surface area contributed by atoms with Crippen LogP contribution in [0.15, 0.2) is 22.7 Å². The molecule has 1 rings (SSSR count). The highest BCUT2D eigenvalue weighted by atomic mass is 79.9. The van der Waals surface area contributed by atoms with E-state index in [1.54, 1.807) is 18.1 Å². The summed E-state index contributed by atoms with van der Waals surface area (Å²) >= 11 is 3.39. The number of halogens is 1. The molecule has 0 aromatic heterocycles. The van der Waals surface area contributed by atoms with Gasteiger partial charge in [-0.2, -0.15) is 0 Å². The van der Waals surface area contributed by atoms with Crippen molar-refractivity contribution in [3.05, 3.63) is 28.2 Å². The molecule has 0 unspecified atom stereocenters. The number of nitrogens with zero attached hydrogens (tertiary/aromatic N) is 1. The van der Waals surface area contributed by atoms with Crippen LogP contribution in [-0.4, -0.2) is 31.0 Å². The van der Waals surface area contributed by atoms with Crippen LogP contribution in [-0.2, 0) is 0 Å². The highest BCUT2D eigenvalue weighted by molar-refractivity contribution is 9.10. The Morgan fingerprint density at radius 3 is 2.50 bits per heavy atom. The maximum absolute atomic E-state index is 12.2. The van der Waals surface area contributed by atoms with E-state index in [0.717, 1.165) is 4.47 Å². The number of carbonyl (C=O) groups excluding carboxylic acids is 1. The number of rotatable bonds is 4. The number of methoxy groups -OCH3 is 1. The Morgan fingerprint density at radius 2 is 2.00 bits per heavy atom. The Morgan fingerprint density at radius 1 is 1.38 bits per heavy atom. The Labute approximate surface area is 105 Å². The van der Waals surface area contributed by atoms with E-state index in [9.17, 15) is 4.79 Å². The first kappa shape index (κ1) is 13.0. The molecule has 0 aliphatic heterocycles. The number of amides is 1. The summed E-state index contributed by atoms with van der Waals surface area (Å²) in [5, 5.41) is 0. The number of hydrogen-bond acceptors (Lipinski definition) is 2. The second-order valence-electron chi connectivity index (χ2n) is 3.29. The van der Waals surface area contributed by atoms with Crippen molar-refractivity contribution in [2.45, 2.75) is 13.8 Å². The summed E-state index contributed by atoms with van der Waals surface area (Å²) in [6.07, 6.45) is 0. The largest absolute Gasteiger partial charge is 0.496 e. The minimum absolute atomic E-state index is 0.00525. The quantitative estimate of drug-likeness (QED) is 0.851. The maximum Gasteiger partial charge on any atom is 0.258 e. The smallest absolute Gasteiger partial charge is 0.258 e. The Balaban J connectivity index is 3.16. The van der Waals surface area contributed by atoms with E-state index in [0.29, 0.717) is 24.4 Å². The van der Waals surface area contributed by atoms with Gasteiger partial charge in [-0.25, -0.2) is 0 Å². The molecule has 0 fully saturated rings. The van der Waals surface area contributed by atoms with Crippen molar-refractivity contribution in [1.29, 1.82) is 0 Å². The molecule has 4 heteroatoms. The molecular formula is C12H16BrNO2. The molecule has 1 aromatic carbocycles. The molecule has 0 aliphatic rings. The van der Waals surface area contributed by atoms with Gasteiger partial charge in [0.1, 0.15) is 5.75 Å². The number of hydrogen-bond donors (Lipinski definition) is 0. The van der Waals surface area contributed by atoms with Gasteiger partial charge in [-0.1, -0.05) is 6.07 Å². The predicted molar refractivity (Wildman–Crippen MR) is 67.9 cm³/mol. The lowest BCUT2D eigenvalue weighted by atomic mass is 10.1. The zero-order chi connectivity index (χ0) is 12.1. The molecule has 1 amide bonds. The van der Waals surface area contributed by atoms with E-state index in [2.05, 4.69) is 15.9 Å². The molecule has 0 N–H and O–H groups in total. The van der Waals surface area contributed by atoms with Crippen LogP contribution in [0.1, 0.15) is 24.2 Å². The van der Waals surface area contributed by atoms with Crippen molar-refractivity contribution >= 4 is 21.8 Å². The fourth-order valence-corrected chi connectivity index (χ4v) is 2.07. The molecular weight excluding hydrogens is 270 g/mol. The third kappa shape index (κ3) is 2.55. The first-order chi connectivity index (χ1) is 7.65. The Kier molecular flexibility index (Phi) is 4.80. The highest BCUT2D eigenvalue weighted by Gasteiger charge is 2.19. The molecule has 0 radical (unpaired) electrons. The van der Waals surface area contributed by atoms with Crippen LogP contribution in [0.2, 0.25) is 0 Å². The van der Waals surface area contributed by atoms with Crippen LogP contribution >= 0.6 is 15.9 Å². The van der Waals surface area contributed by atoms with Crippen molar-refractivity contribution < 1.29 is 9.53 Å². The average Bonchev–Trinajstić information content (AvgIpc) is 2.29. The summed E-state index contributed by atoms with van der Waals surface area (Å²) in [6, 6.07) is 5.49. The first-order valence-corrected chi connectivity index (χ1v) is 6.06. The summed E-state index contributed by atoms with van der Waals surface area (Å²) in [5.74, 6) is 0.598. The monoisotopic (exact) mass is 285 g/mol. The molecule has 1 aromatic rings. The summed E-state index contributed by atoms with van der Waals surface area (Å²) < 4.78 is 5.98. The van der Waals surface area contributed by atoms with Crippen LogP contribution < -0.4 is 4.74 Å². The van der Waals surface area contributed by atoms with Gasteiger partial charge in [-0.3, -0.25) is 4.79 Å². The summed E-state index contributed by atoms with van der Waals surface area (Å²) in [7, 11) is 1.57. The van der Waals surface area contributed by atoms with Gasteiger partial charge in [0.15, 0.2) is 0 Å². The average molecular weight is 286 g/mol. The molecule has 88 valence electrons. The topological polar surface area (TPSA) is 29.5 Å². The summed E-state index contributed by atoms with van der Waals surface area (Å²) in [5.41, 5.74) is 0.591. The van der Waals surface area contributed by atoms with Crippen LogP contribution in [0.5, 0.6) is 5.75 Å². The van der Waals surface area contributed by atoms with Crippen LogP contribution in [0.25, 0.3) is 0 Å². The molecule has 0 spiro atoms. The van der Waals surface area contributed by atoms with E-state index in [1.165, 1.54) is 0 Å². The Bertz CT molecular complexity index is 375. The minimum atomic E-state index is -0.00525. The second-order valence-corrected chi connectivity index (χ2v) is 4.15. The second kappa shape index (κ2) is 5.89. The molecule has 16 heavy (non-hydrogen) atoms. The fourth-order valence-electron chi connectivity index (χ4n) is 1.55. The number of carbonyl (C=O) groups is 1. The first-order valence-electron chi connectivity index (χ1n) is 5.27. The van der Waals surface area contributed by atoms with Crippen molar-refractivity contribution in [3.63, 3.8) is 0 Å². The Hall–Kier alpha value is -1.03. The van der Waals surface area contributed by atoms with Gasteiger partial charge in [0.2, 0.25) is 0 Å². The van der Waals surface area contributed by atoms with Gasteiger partial charge in [0, 0.05) is 17.6 Å².